The second-order valence-electron chi connectivity index (χ2n) is 7.42. The van der Waals surface area contributed by atoms with Crippen LogP contribution in [-0.2, 0) is 9.47 Å². The quantitative estimate of drug-likeness (QED) is 0.431. The van der Waals surface area contributed by atoms with E-state index in [1.165, 1.54) is 32.1 Å². The molecule has 0 aliphatic heterocycles. The van der Waals surface area contributed by atoms with E-state index < -0.39 is 0 Å². The lowest BCUT2D eigenvalue weighted by molar-refractivity contribution is 0.0547. The average molecular weight is 396 g/mol. The fourth-order valence-electron chi connectivity index (χ4n) is 3.20. The van der Waals surface area contributed by atoms with E-state index in [-0.39, 0.29) is 6.04 Å². The predicted octanol–water partition coefficient (Wildman–Crippen LogP) is 1.86. The summed E-state index contributed by atoms with van der Waals surface area (Å²) in [5, 5.41) is 6.53. The summed E-state index contributed by atoms with van der Waals surface area (Å²) in [6, 6.07) is 0.743. The summed E-state index contributed by atoms with van der Waals surface area (Å²) in [6.45, 7) is 7.52. The first-order valence-corrected chi connectivity index (χ1v) is 10.4. The van der Waals surface area contributed by atoms with Crippen molar-refractivity contribution in [1.29, 1.82) is 0 Å². The molecule has 0 saturated heterocycles. The number of hydrogen-bond acceptors (Lipinski definition) is 9. The Morgan fingerprint density at radius 3 is 2.36 bits per heavy atom. The van der Waals surface area contributed by atoms with Gasteiger partial charge < -0.3 is 30.7 Å². The van der Waals surface area contributed by atoms with Gasteiger partial charge in [-0.05, 0) is 26.7 Å². The zero-order valence-corrected chi connectivity index (χ0v) is 17.6. The molecule has 28 heavy (non-hydrogen) atoms. The van der Waals surface area contributed by atoms with E-state index in [0.717, 1.165) is 0 Å². The maximum atomic E-state index is 5.54. The molecule has 0 radical (unpaired) electrons. The Hall–Kier alpha value is -1.71. The van der Waals surface area contributed by atoms with Crippen molar-refractivity contribution in [2.75, 3.05) is 62.1 Å². The highest BCUT2D eigenvalue weighted by molar-refractivity contribution is 5.44. The summed E-state index contributed by atoms with van der Waals surface area (Å²) in [6.07, 6.45) is 6.25. The van der Waals surface area contributed by atoms with Crippen LogP contribution in [0.15, 0.2) is 0 Å². The second-order valence-corrected chi connectivity index (χ2v) is 7.42. The van der Waals surface area contributed by atoms with Crippen molar-refractivity contribution in [2.24, 2.45) is 5.73 Å². The molecule has 1 aliphatic carbocycles. The molecule has 160 valence electrons. The molecule has 1 fully saturated rings. The summed E-state index contributed by atoms with van der Waals surface area (Å²) >= 11 is 0. The number of hydrogen-bond donors (Lipinski definition) is 3. The smallest absolute Gasteiger partial charge is 0.231 e. The third-order valence-electron chi connectivity index (χ3n) is 4.64. The van der Waals surface area contributed by atoms with Crippen molar-refractivity contribution in [3.63, 3.8) is 0 Å². The first kappa shape index (κ1) is 22.6. The summed E-state index contributed by atoms with van der Waals surface area (Å²) in [4.78, 5) is 16.0. The minimum Gasteiger partial charge on any atom is -0.378 e. The number of aromatic nitrogens is 3. The van der Waals surface area contributed by atoms with Crippen molar-refractivity contribution < 1.29 is 9.47 Å². The van der Waals surface area contributed by atoms with Crippen molar-refractivity contribution in [3.05, 3.63) is 0 Å². The number of anilines is 3. The molecular formula is C19H37N7O2. The molecule has 0 bridgehead atoms. The monoisotopic (exact) mass is 395 g/mol. The lowest BCUT2D eigenvalue weighted by atomic mass is 9.95. The standard InChI is InChI=1S/C19H37N7O2/c1-15(2)22-18-23-17(21-10-12-28-14-13-27-11-9-20)24-19(25-18)26(3)16-7-5-4-6-8-16/h15-16H,4-14,20H2,1-3H3,(H2,21,22,23,24,25). The summed E-state index contributed by atoms with van der Waals surface area (Å²) in [7, 11) is 2.08. The first-order valence-electron chi connectivity index (χ1n) is 10.4. The van der Waals surface area contributed by atoms with E-state index in [9.17, 15) is 0 Å². The van der Waals surface area contributed by atoms with Crippen molar-refractivity contribution in [3.8, 4) is 0 Å². The van der Waals surface area contributed by atoms with Crippen LogP contribution in [0.1, 0.15) is 46.0 Å². The molecule has 9 nitrogen and oxygen atoms in total. The van der Waals surface area contributed by atoms with Gasteiger partial charge in [-0.2, -0.15) is 15.0 Å². The van der Waals surface area contributed by atoms with E-state index >= 15 is 0 Å². The minimum atomic E-state index is 0.250. The van der Waals surface area contributed by atoms with Gasteiger partial charge in [0.15, 0.2) is 0 Å². The number of rotatable bonds is 13. The van der Waals surface area contributed by atoms with Crippen LogP contribution in [0.5, 0.6) is 0 Å². The maximum absolute atomic E-state index is 5.54. The van der Waals surface area contributed by atoms with E-state index in [2.05, 4.69) is 51.4 Å². The molecule has 1 aromatic heterocycles. The molecule has 0 unspecified atom stereocenters. The Kier molecular flexibility index (Phi) is 10.2. The van der Waals surface area contributed by atoms with Crippen LogP contribution in [-0.4, -0.2) is 73.6 Å². The van der Waals surface area contributed by atoms with E-state index in [0.29, 0.717) is 63.4 Å². The second kappa shape index (κ2) is 12.7. The fourth-order valence-corrected chi connectivity index (χ4v) is 3.20. The summed E-state index contributed by atoms with van der Waals surface area (Å²) in [5.74, 6) is 1.88. The van der Waals surface area contributed by atoms with Crippen LogP contribution >= 0.6 is 0 Å². The van der Waals surface area contributed by atoms with Crippen molar-refractivity contribution in [2.45, 2.75) is 58.0 Å². The Morgan fingerprint density at radius 2 is 1.68 bits per heavy atom. The number of nitrogens with one attached hydrogen (secondary N) is 2. The van der Waals surface area contributed by atoms with Crippen LogP contribution in [0.2, 0.25) is 0 Å². The van der Waals surface area contributed by atoms with E-state index in [1.807, 2.05) is 0 Å². The summed E-state index contributed by atoms with van der Waals surface area (Å²) < 4.78 is 10.8. The normalized spacial score (nSPS) is 15.0. The van der Waals surface area contributed by atoms with Gasteiger partial charge in [-0.25, -0.2) is 0 Å². The molecule has 4 N–H and O–H groups in total. The van der Waals surface area contributed by atoms with Gasteiger partial charge >= 0.3 is 0 Å². The fraction of sp³-hybridized carbons (Fsp3) is 0.842. The Bertz CT molecular complexity index is 553. The van der Waals surface area contributed by atoms with Crippen LogP contribution in [0, 0.1) is 0 Å². The van der Waals surface area contributed by atoms with Gasteiger partial charge in [-0.1, -0.05) is 19.3 Å². The number of nitrogens with zero attached hydrogens (tertiary/aromatic N) is 4. The Morgan fingerprint density at radius 1 is 1.00 bits per heavy atom. The summed E-state index contributed by atoms with van der Waals surface area (Å²) in [5.41, 5.74) is 5.38. The SMILES string of the molecule is CC(C)Nc1nc(NCCOCCOCCN)nc(N(C)C2CCCCC2)n1. The molecule has 9 heteroatoms. The maximum Gasteiger partial charge on any atom is 0.231 e. The van der Waals surface area contributed by atoms with Crippen LogP contribution in [0.3, 0.4) is 0 Å². The highest BCUT2D eigenvalue weighted by atomic mass is 16.5. The van der Waals surface area contributed by atoms with Crippen LogP contribution < -0.4 is 21.3 Å². The molecule has 0 atom stereocenters. The zero-order valence-electron chi connectivity index (χ0n) is 17.6. The highest BCUT2D eigenvalue weighted by Crippen LogP contribution is 2.25. The number of ether oxygens (including phenoxy) is 2. The first-order chi connectivity index (χ1) is 13.6. The molecular weight excluding hydrogens is 358 g/mol. The topological polar surface area (TPSA) is 110 Å². The van der Waals surface area contributed by atoms with Gasteiger partial charge in [0.05, 0.1) is 26.4 Å². The van der Waals surface area contributed by atoms with Gasteiger partial charge in [-0.3, -0.25) is 0 Å². The molecule has 1 aromatic rings. The lowest BCUT2D eigenvalue weighted by Crippen LogP contribution is -2.35. The van der Waals surface area contributed by atoms with E-state index in [1.54, 1.807) is 0 Å². The Balaban J connectivity index is 1.90. The lowest BCUT2D eigenvalue weighted by Gasteiger charge is -2.31. The Labute approximate surface area is 168 Å². The van der Waals surface area contributed by atoms with E-state index in [4.69, 9.17) is 15.2 Å². The number of nitrogens with two attached hydrogens (primary N) is 1. The average Bonchev–Trinajstić information content (AvgIpc) is 2.69. The third kappa shape index (κ3) is 8.12. The van der Waals surface area contributed by atoms with Crippen molar-refractivity contribution in [1.82, 2.24) is 15.0 Å². The molecule has 1 saturated carbocycles. The molecule has 1 heterocycles. The molecule has 0 aromatic carbocycles. The van der Waals surface area contributed by atoms with Crippen molar-refractivity contribution >= 4 is 17.8 Å². The van der Waals surface area contributed by atoms with Gasteiger partial charge in [0.25, 0.3) is 0 Å². The van der Waals surface area contributed by atoms with Crippen LogP contribution in [0.25, 0.3) is 0 Å². The van der Waals surface area contributed by atoms with Gasteiger partial charge in [-0.15, -0.1) is 0 Å². The highest BCUT2D eigenvalue weighted by Gasteiger charge is 2.21. The molecule has 2 rings (SSSR count). The molecule has 0 spiro atoms. The van der Waals surface area contributed by atoms with Crippen LogP contribution in [0.4, 0.5) is 17.8 Å². The largest absolute Gasteiger partial charge is 0.378 e. The molecule has 0 amide bonds. The predicted molar refractivity (Wildman–Crippen MR) is 113 cm³/mol. The molecule has 1 aliphatic rings. The van der Waals surface area contributed by atoms with Gasteiger partial charge in [0.1, 0.15) is 0 Å². The minimum absolute atomic E-state index is 0.250. The third-order valence-corrected chi connectivity index (χ3v) is 4.64. The van der Waals surface area contributed by atoms with Gasteiger partial charge in [0, 0.05) is 32.2 Å². The van der Waals surface area contributed by atoms with Gasteiger partial charge in [0.2, 0.25) is 17.8 Å². The zero-order chi connectivity index (χ0) is 20.2.